The van der Waals surface area contributed by atoms with E-state index in [9.17, 15) is 0 Å². The van der Waals surface area contributed by atoms with Crippen LogP contribution in [0.3, 0.4) is 0 Å². The molecule has 0 aliphatic carbocycles. The molecule has 2 aromatic carbocycles. The normalized spacial score (nSPS) is 10.5. The van der Waals surface area contributed by atoms with E-state index >= 15 is 0 Å². The summed E-state index contributed by atoms with van der Waals surface area (Å²) in [6.45, 7) is 6.37. The number of aryl methyl sites for hydroxylation is 3. The average molecular weight is 243 g/mol. The predicted octanol–water partition coefficient (Wildman–Crippen LogP) is 4.35. The Labute approximate surface area is 107 Å². The molecule has 0 bridgehead atoms. The van der Waals surface area contributed by atoms with Gasteiger partial charge in [0.05, 0.1) is 0 Å². The first-order valence-electron chi connectivity index (χ1n) is 5.67. The van der Waals surface area contributed by atoms with Crippen LogP contribution < -0.4 is 5.73 Å². The molecule has 17 heavy (non-hydrogen) atoms. The fourth-order valence-corrected chi connectivity index (χ4v) is 2.79. The van der Waals surface area contributed by atoms with Crippen LogP contribution in [-0.4, -0.2) is 0 Å². The van der Waals surface area contributed by atoms with Crippen LogP contribution in [0.5, 0.6) is 0 Å². The number of hydrogen-bond acceptors (Lipinski definition) is 2. The number of nitrogens with two attached hydrogens (primary N) is 1. The number of anilines is 1. The summed E-state index contributed by atoms with van der Waals surface area (Å²) in [5.41, 5.74) is 10.4. The van der Waals surface area contributed by atoms with E-state index < -0.39 is 0 Å². The summed E-state index contributed by atoms with van der Waals surface area (Å²) in [6, 6.07) is 12.6. The topological polar surface area (TPSA) is 26.0 Å². The molecule has 2 N–H and O–H groups in total. The van der Waals surface area contributed by atoms with Gasteiger partial charge < -0.3 is 5.73 Å². The molecule has 0 amide bonds. The SMILES string of the molecule is Cc1ccc(C)c(Sc2ccc(N)cc2C)c1. The van der Waals surface area contributed by atoms with Crippen molar-refractivity contribution in [1.82, 2.24) is 0 Å². The maximum Gasteiger partial charge on any atom is 0.0317 e. The summed E-state index contributed by atoms with van der Waals surface area (Å²) in [6.07, 6.45) is 0. The number of rotatable bonds is 2. The van der Waals surface area contributed by atoms with E-state index in [0.717, 1.165) is 5.69 Å². The molecule has 2 aromatic rings. The van der Waals surface area contributed by atoms with Crippen LogP contribution in [0.1, 0.15) is 16.7 Å². The molecule has 0 aliphatic heterocycles. The fourth-order valence-electron chi connectivity index (χ4n) is 1.72. The molecule has 0 atom stereocenters. The molecule has 2 rings (SSSR count). The molecule has 0 aliphatic rings. The van der Waals surface area contributed by atoms with Gasteiger partial charge in [0.25, 0.3) is 0 Å². The van der Waals surface area contributed by atoms with Gasteiger partial charge in [-0.15, -0.1) is 0 Å². The Morgan fingerprint density at radius 1 is 0.824 bits per heavy atom. The van der Waals surface area contributed by atoms with Crippen LogP contribution in [0, 0.1) is 20.8 Å². The van der Waals surface area contributed by atoms with E-state index in [1.54, 1.807) is 0 Å². The van der Waals surface area contributed by atoms with Crippen molar-refractivity contribution < 1.29 is 0 Å². The Kier molecular flexibility index (Phi) is 3.43. The van der Waals surface area contributed by atoms with Crippen molar-refractivity contribution in [2.24, 2.45) is 0 Å². The maximum atomic E-state index is 5.77. The van der Waals surface area contributed by atoms with E-state index in [1.807, 2.05) is 23.9 Å². The monoisotopic (exact) mass is 243 g/mol. The standard InChI is InChI=1S/C15H17NS/c1-10-4-5-11(2)15(8-10)17-14-7-6-13(16)9-12(14)3/h4-9H,16H2,1-3H3. The van der Waals surface area contributed by atoms with Crippen LogP contribution in [0.2, 0.25) is 0 Å². The highest BCUT2D eigenvalue weighted by Crippen LogP contribution is 2.33. The Bertz CT molecular complexity index is 547. The Morgan fingerprint density at radius 2 is 1.59 bits per heavy atom. The second-order valence-corrected chi connectivity index (χ2v) is 5.48. The highest BCUT2D eigenvalue weighted by molar-refractivity contribution is 7.99. The van der Waals surface area contributed by atoms with Gasteiger partial charge in [-0.1, -0.05) is 23.9 Å². The quantitative estimate of drug-likeness (QED) is 0.794. The van der Waals surface area contributed by atoms with Gasteiger partial charge in [-0.3, -0.25) is 0 Å². The molecule has 88 valence electrons. The summed E-state index contributed by atoms with van der Waals surface area (Å²) < 4.78 is 0. The van der Waals surface area contributed by atoms with E-state index in [2.05, 4.69) is 45.0 Å². The van der Waals surface area contributed by atoms with Gasteiger partial charge in [-0.25, -0.2) is 0 Å². The molecule has 2 heteroatoms. The van der Waals surface area contributed by atoms with Crippen LogP contribution >= 0.6 is 11.8 Å². The molecule has 0 fully saturated rings. The lowest BCUT2D eigenvalue weighted by molar-refractivity contribution is 1.24. The van der Waals surface area contributed by atoms with Gasteiger partial charge in [-0.05, 0) is 61.7 Å². The summed E-state index contributed by atoms with van der Waals surface area (Å²) in [5.74, 6) is 0. The minimum atomic E-state index is 0.827. The van der Waals surface area contributed by atoms with Crippen LogP contribution in [0.25, 0.3) is 0 Å². The summed E-state index contributed by atoms with van der Waals surface area (Å²) >= 11 is 1.81. The van der Waals surface area contributed by atoms with Crippen molar-refractivity contribution >= 4 is 17.4 Å². The Hall–Kier alpha value is -1.41. The number of nitrogen functional groups attached to an aromatic ring is 1. The molecule has 0 aromatic heterocycles. The Balaban J connectivity index is 2.34. The van der Waals surface area contributed by atoms with E-state index in [1.165, 1.54) is 26.5 Å². The number of benzene rings is 2. The molecule has 0 saturated carbocycles. The highest BCUT2D eigenvalue weighted by atomic mass is 32.2. The first-order chi connectivity index (χ1) is 8.06. The van der Waals surface area contributed by atoms with Gasteiger partial charge in [-0.2, -0.15) is 0 Å². The van der Waals surface area contributed by atoms with Crippen LogP contribution in [0.4, 0.5) is 5.69 Å². The van der Waals surface area contributed by atoms with Crippen molar-refractivity contribution in [3.05, 3.63) is 53.1 Å². The highest BCUT2D eigenvalue weighted by Gasteiger charge is 2.04. The lowest BCUT2D eigenvalue weighted by Crippen LogP contribution is -1.88. The second-order valence-electron chi connectivity index (χ2n) is 4.40. The van der Waals surface area contributed by atoms with Crippen molar-refractivity contribution in [2.45, 2.75) is 30.6 Å². The van der Waals surface area contributed by atoms with Crippen LogP contribution in [0.15, 0.2) is 46.2 Å². The molecule has 0 saturated heterocycles. The molecule has 0 unspecified atom stereocenters. The first-order valence-corrected chi connectivity index (χ1v) is 6.49. The average Bonchev–Trinajstić information content (AvgIpc) is 2.27. The lowest BCUT2D eigenvalue weighted by Gasteiger charge is -2.09. The third-order valence-electron chi connectivity index (χ3n) is 2.76. The molecule has 0 heterocycles. The van der Waals surface area contributed by atoms with Crippen molar-refractivity contribution in [1.29, 1.82) is 0 Å². The largest absolute Gasteiger partial charge is 0.399 e. The zero-order valence-corrected chi connectivity index (χ0v) is 11.3. The van der Waals surface area contributed by atoms with Crippen molar-refractivity contribution in [3.63, 3.8) is 0 Å². The minimum Gasteiger partial charge on any atom is -0.399 e. The molecule has 1 nitrogen and oxygen atoms in total. The Morgan fingerprint density at radius 3 is 2.29 bits per heavy atom. The van der Waals surface area contributed by atoms with Gasteiger partial charge in [0, 0.05) is 15.5 Å². The van der Waals surface area contributed by atoms with Gasteiger partial charge in [0.1, 0.15) is 0 Å². The van der Waals surface area contributed by atoms with Gasteiger partial charge >= 0.3 is 0 Å². The zero-order valence-electron chi connectivity index (χ0n) is 10.4. The van der Waals surface area contributed by atoms with Crippen molar-refractivity contribution in [3.8, 4) is 0 Å². The third-order valence-corrected chi connectivity index (χ3v) is 4.10. The van der Waals surface area contributed by atoms with Gasteiger partial charge in [0.15, 0.2) is 0 Å². The zero-order chi connectivity index (χ0) is 12.4. The molecule has 0 radical (unpaired) electrons. The second kappa shape index (κ2) is 4.84. The van der Waals surface area contributed by atoms with E-state index in [4.69, 9.17) is 5.73 Å². The first kappa shape index (κ1) is 12.1. The summed E-state index contributed by atoms with van der Waals surface area (Å²) in [4.78, 5) is 2.59. The maximum absolute atomic E-state index is 5.77. The molecular weight excluding hydrogens is 226 g/mol. The van der Waals surface area contributed by atoms with Crippen LogP contribution in [-0.2, 0) is 0 Å². The predicted molar refractivity (Wildman–Crippen MR) is 75.6 cm³/mol. The summed E-state index contributed by atoms with van der Waals surface area (Å²) in [5, 5.41) is 0. The fraction of sp³-hybridized carbons (Fsp3) is 0.200. The molecular formula is C15H17NS. The minimum absolute atomic E-state index is 0.827. The number of hydrogen-bond donors (Lipinski definition) is 1. The van der Waals surface area contributed by atoms with E-state index in [0.29, 0.717) is 0 Å². The smallest absolute Gasteiger partial charge is 0.0317 e. The van der Waals surface area contributed by atoms with Crippen molar-refractivity contribution in [2.75, 3.05) is 5.73 Å². The third kappa shape index (κ3) is 2.83. The summed E-state index contributed by atoms with van der Waals surface area (Å²) in [7, 11) is 0. The molecule has 0 spiro atoms. The lowest BCUT2D eigenvalue weighted by atomic mass is 10.2. The van der Waals surface area contributed by atoms with E-state index in [-0.39, 0.29) is 0 Å². The van der Waals surface area contributed by atoms with Gasteiger partial charge in [0.2, 0.25) is 0 Å².